The fourth-order valence-electron chi connectivity index (χ4n) is 4.31. The number of nitrogens with one attached hydrogen (secondary N) is 2. The molecule has 0 unspecified atom stereocenters. The van der Waals surface area contributed by atoms with Gasteiger partial charge < -0.3 is 10.6 Å². The van der Waals surface area contributed by atoms with Gasteiger partial charge in [0.1, 0.15) is 0 Å². The summed E-state index contributed by atoms with van der Waals surface area (Å²) in [5.74, 6) is -1.02. The molecule has 0 fully saturated rings. The highest BCUT2D eigenvalue weighted by Crippen LogP contribution is 2.26. The van der Waals surface area contributed by atoms with Gasteiger partial charge in [-0.05, 0) is 29.2 Å². The van der Waals surface area contributed by atoms with E-state index in [0.29, 0.717) is 6.54 Å². The van der Waals surface area contributed by atoms with Gasteiger partial charge in [0.2, 0.25) is 11.8 Å². The predicted molar refractivity (Wildman–Crippen MR) is 140 cm³/mol. The summed E-state index contributed by atoms with van der Waals surface area (Å²) in [4.78, 5) is 26.6. The van der Waals surface area contributed by atoms with Crippen LogP contribution in [-0.4, -0.2) is 24.4 Å². The summed E-state index contributed by atoms with van der Waals surface area (Å²) >= 11 is 0. The number of hydrogen-bond acceptors (Lipinski definition) is 2. The number of hydrogen-bond donors (Lipinski definition) is 2. The first-order valence-electron chi connectivity index (χ1n) is 11.9. The van der Waals surface area contributed by atoms with Gasteiger partial charge in [-0.15, -0.1) is 0 Å². The van der Waals surface area contributed by atoms with Gasteiger partial charge in [0.05, 0.1) is 11.8 Å². The topological polar surface area (TPSA) is 58.2 Å². The maximum atomic E-state index is 13.4. The van der Waals surface area contributed by atoms with Crippen molar-refractivity contribution in [2.75, 3.05) is 6.54 Å². The highest BCUT2D eigenvalue weighted by Gasteiger charge is 2.25. The lowest BCUT2D eigenvalue weighted by atomic mass is 9.90. The molecule has 2 amide bonds. The van der Waals surface area contributed by atoms with E-state index >= 15 is 0 Å². The third kappa shape index (κ3) is 6.24. The largest absolute Gasteiger partial charge is 0.353 e. The van der Waals surface area contributed by atoms with Crippen LogP contribution in [0.5, 0.6) is 0 Å². The standard InChI is InChI=1S/C31H30N2O2/c1-23(33-31(35)29(26-18-10-4-11-19-26)27-20-12-5-13-21-27)22-32-30(34)28(24-14-6-2-7-15-24)25-16-8-3-9-17-25/h2-21,23,28-29H,22H2,1H3,(H,32,34)(H,33,35)/t23-/m0/s1. The summed E-state index contributed by atoms with van der Waals surface area (Å²) in [6.07, 6.45) is 0. The fourth-order valence-corrected chi connectivity index (χ4v) is 4.31. The van der Waals surface area contributed by atoms with E-state index in [1.54, 1.807) is 0 Å². The summed E-state index contributed by atoms with van der Waals surface area (Å²) < 4.78 is 0. The molecule has 35 heavy (non-hydrogen) atoms. The third-order valence-corrected chi connectivity index (χ3v) is 6.03. The lowest BCUT2D eigenvalue weighted by Crippen LogP contribution is -2.44. The molecule has 0 aliphatic rings. The van der Waals surface area contributed by atoms with Crippen LogP contribution in [0.25, 0.3) is 0 Å². The van der Waals surface area contributed by atoms with E-state index in [9.17, 15) is 9.59 Å². The first-order valence-corrected chi connectivity index (χ1v) is 11.9. The molecule has 2 N–H and O–H groups in total. The molecule has 0 aromatic heterocycles. The monoisotopic (exact) mass is 462 g/mol. The molecule has 0 radical (unpaired) electrons. The van der Waals surface area contributed by atoms with Gasteiger partial charge in [0.25, 0.3) is 0 Å². The quantitative estimate of drug-likeness (QED) is 0.356. The number of carbonyl (C=O) groups is 2. The van der Waals surface area contributed by atoms with Crippen LogP contribution in [-0.2, 0) is 9.59 Å². The number of amides is 2. The van der Waals surface area contributed by atoms with E-state index in [4.69, 9.17) is 0 Å². The van der Waals surface area contributed by atoms with E-state index in [1.807, 2.05) is 128 Å². The molecule has 4 aromatic carbocycles. The number of carbonyl (C=O) groups excluding carboxylic acids is 2. The molecule has 4 nitrogen and oxygen atoms in total. The first-order chi connectivity index (χ1) is 17.1. The molecule has 0 saturated carbocycles. The van der Waals surface area contributed by atoms with Gasteiger partial charge in [-0.2, -0.15) is 0 Å². The van der Waals surface area contributed by atoms with Crippen molar-refractivity contribution in [1.29, 1.82) is 0 Å². The van der Waals surface area contributed by atoms with E-state index in [2.05, 4.69) is 10.6 Å². The molecular weight excluding hydrogens is 432 g/mol. The minimum absolute atomic E-state index is 0.0909. The normalized spacial score (nSPS) is 11.7. The average molecular weight is 463 g/mol. The van der Waals surface area contributed by atoms with Crippen molar-refractivity contribution < 1.29 is 9.59 Å². The number of rotatable bonds is 9. The Morgan fingerprint density at radius 1 is 0.543 bits per heavy atom. The molecule has 0 bridgehead atoms. The van der Waals surface area contributed by atoms with E-state index < -0.39 is 11.8 Å². The summed E-state index contributed by atoms with van der Waals surface area (Å²) in [7, 11) is 0. The summed E-state index contributed by atoms with van der Waals surface area (Å²) in [6, 6.07) is 38.8. The van der Waals surface area contributed by atoms with Gasteiger partial charge in [0.15, 0.2) is 0 Å². The summed E-state index contributed by atoms with van der Waals surface area (Å²) in [5.41, 5.74) is 3.73. The Kier molecular flexibility index (Phi) is 8.08. The van der Waals surface area contributed by atoms with Crippen LogP contribution >= 0.6 is 0 Å². The van der Waals surface area contributed by atoms with Crippen molar-refractivity contribution in [3.63, 3.8) is 0 Å². The Balaban J connectivity index is 1.45. The molecule has 176 valence electrons. The Morgan fingerprint density at radius 3 is 1.20 bits per heavy atom. The van der Waals surface area contributed by atoms with Gasteiger partial charge in [-0.3, -0.25) is 9.59 Å². The van der Waals surface area contributed by atoms with Crippen LogP contribution in [0.1, 0.15) is 41.0 Å². The zero-order valence-electron chi connectivity index (χ0n) is 19.8. The van der Waals surface area contributed by atoms with Crippen LogP contribution in [0, 0.1) is 0 Å². The lowest BCUT2D eigenvalue weighted by Gasteiger charge is -2.23. The van der Waals surface area contributed by atoms with Crippen LogP contribution in [0.15, 0.2) is 121 Å². The second-order valence-electron chi connectivity index (χ2n) is 8.66. The van der Waals surface area contributed by atoms with E-state index in [0.717, 1.165) is 22.3 Å². The molecule has 4 aromatic rings. The fraction of sp³-hybridized carbons (Fsp3) is 0.161. The van der Waals surface area contributed by atoms with Crippen molar-refractivity contribution in [2.45, 2.75) is 24.8 Å². The summed E-state index contributed by atoms with van der Waals surface area (Å²) in [6.45, 7) is 2.24. The highest BCUT2D eigenvalue weighted by molar-refractivity contribution is 5.88. The zero-order valence-corrected chi connectivity index (χ0v) is 19.8. The van der Waals surface area contributed by atoms with Crippen molar-refractivity contribution in [3.05, 3.63) is 144 Å². The first kappa shape index (κ1) is 24.0. The van der Waals surface area contributed by atoms with Gasteiger partial charge in [-0.1, -0.05) is 121 Å². The van der Waals surface area contributed by atoms with Crippen molar-refractivity contribution >= 4 is 11.8 Å². The molecule has 4 heteroatoms. The zero-order chi connectivity index (χ0) is 24.5. The predicted octanol–water partition coefficient (Wildman–Crippen LogP) is 5.27. The van der Waals surface area contributed by atoms with Crippen LogP contribution < -0.4 is 10.6 Å². The van der Waals surface area contributed by atoms with Gasteiger partial charge in [-0.25, -0.2) is 0 Å². The lowest BCUT2D eigenvalue weighted by molar-refractivity contribution is -0.124. The smallest absolute Gasteiger partial charge is 0.232 e. The average Bonchev–Trinajstić information content (AvgIpc) is 2.90. The second-order valence-corrected chi connectivity index (χ2v) is 8.66. The van der Waals surface area contributed by atoms with Crippen LogP contribution in [0.3, 0.4) is 0 Å². The Hall–Kier alpha value is -4.18. The minimum Gasteiger partial charge on any atom is -0.353 e. The second kappa shape index (κ2) is 11.8. The minimum atomic E-state index is -0.420. The highest BCUT2D eigenvalue weighted by atomic mass is 16.2. The molecular formula is C31H30N2O2. The van der Waals surface area contributed by atoms with Crippen molar-refractivity contribution in [1.82, 2.24) is 10.6 Å². The van der Waals surface area contributed by atoms with E-state index in [1.165, 1.54) is 0 Å². The van der Waals surface area contributed by atoms with Gasteiger partial charge in [0, 0.05) is 12.6 Å². The van der Waals surface area contributed by atoms with Gasteiger partial charge >= 0.3 is 0 Å². The SMILES string of the molecule is C[C@@H](CNC(=O)C(c1ccccc1)c1ccccc1)NC(=O)C(c1ccccc1)c1ccccc1. The van der Waals surface area contributed by atoms with E-state index in [-0.39, 0.29) is 17.9 Å². The van der Waals surface area contributed by atoms with Crippen LogP contribution in [0.2, 0.25) is 0 Å². The van der Waals surface area contributed by atoms with Crippen molar-refractivity contribution in [2.24, 2.45) is 0 Å². The Bertz CT molecular complexity index is 1130. The van der Waals surface area contributed by atoms with Crippen LogP contribution in [0.4, 0.5) is 0 Å². The summed E-state index contributed by atoms with van der Waals surface area (Å²) in [5, 5.41) is 6.15. The molecule has 0 aliphatic carbocycles. The number of benzene rings is 4. The Morgan fingerprint density at radius 2 is 0.857 bits per heavy atom. The molecule has 4 rings (SSSR count). The molecule has 0 heterocycles. The third-order valence-electron chi connectivity index (χ3n) is 6.03. The molecule has 0 aliphatic heterocycles. The maximum Gasteiger partial charge on any atom is 0.232 e. The molecule has 0 saturated heterocycles. The Labute approximate surface area is 207 Å². The molecule has 0 spiro atoms. The van der Waals surface area contributed by atoms with Crippen molar-refractivity contribution in [3.8, 4) is 0 Å². The maximum absolute atomic E-state index is 13.4. The molecule has 1 atom stereocenters.